The second-order valence-electron chi connectivity index (χ2n) is 1.86. The molecule has 0 aliphatic rings. The summed E-state index contributed by atoms with van der Waals surface area (Å²) in [7, 11) is 1.81. The van der Waals surface area contributed by atoms with Gasteiger partial charge in [-0.3, -0.25) is 0 Å². The van der Waals surface area contributed by atoms with E-state index in [2.05, 4.69) is 31.8 Å². The smallest absolute Gasteiger partial charge is 0.00275 e. The summed E-state index contributed by atoms with van der Waals surface area (Å²) in [4.78, 5) is 0. The second-order valence-corrected chi connectivity index (χ2v) is 1.86. The zero-order valence-corrected chi connectivity index (χ0v) is 6.86. The molecule has 0 aromatic heterocycles. The fourth-order valence-electron chi connectivity index (χ4n) is 0. The van der Waals surface area contributed by atoms with Gasteiger partial charge < -0.3 is 5.32 Å². The van der Waals surface area contributed by atoms with Crippen LogP contribution in [0.3, 0.4) is 0 Å². The summed E-state index contributed by atoms with van der Waals surface area (Å²) in [5, 5.41) is 2.69. The van der Waals surface area contributed by atoms with Gasteiger partial charge in [0.15, 0.2) is 0 Å². The molecular weight excluding hydrogens is 110 g/mol. The lowest BCUT2D eigenvalue weighted by Gasteiger charge is -1.74. The molecule has 0 unspecified atom stereocenters. The van der Waals surface area contributed by atoms with Crippen LogP contribution in [0.4, 0.5) is 0 Å². The van der Waals surface area contributed by atoms with E-state index in [0.29, 0.717) is 0 Å². The monoisotopic (exact) mass is 127 g/mol. The quantitative estimate of drug-likeness (QED) is 0.533. The van der Waals surface area contributed by atoms with Crippen LogP contribution in [0.15, 0.2) is 24.4 Å². The average Bonchev–Trinajstić information content (AvgIpc) is 1.89. The Morgan fingerprint density at radius 3 is 1.67 bits per heavy atom. The van der Waals surface area contributed by atoms with Gasteiger partial charge >= 0.3 is 0 Å². The minimum atomic E-state index is 1.38. The minimum absolute atomic E-state index is 1.38. The molecule has 0 heterocycles. The van der Waals surface area contributed by atoms with Gasteiger partial charge in [-0.2, -0.15) is 0 Å². The summed E-state index contributed by atoms with van der Waals surface area (Å²) in [6.45, 7) is 9.57. The Morgan fingerprint density at radius 2 is 1.67 bits per heavy atom. The van der Waals surface area contributed by atoms with Crippen molar-refractivity contribution in [3.63, 3.8) is 0 Å². The van der Waals surface area contributed by atoms with E-state index in [1.165, 1.54) is 5.57 Å². The Labute approximate surface area is 58.5 Å². The van der Waals surface area contributed by atoms with E-state index in [1.807, 2.05) is 14.0 Å². The van der Waals surface area contributed by atoms with Crippen LogP contribution in [-0.4, -0.2) is 7.05 Å². The molecule has 0 aromatic rings. The summed E-state index contributed by atoms with van der Waals surface area (Å²) >= 11 is 0. The molecule has 1 N–H and O–H groups in total. The number of hydrogen-bond donors (Lipinski definition) is 1. The van der Waals surface area contributed by atoms with Crippen molar-refractivity contribution in [3.8, 4) is 0 Å². The van der Waals surface area contributed by atoms with Crippen molar-refractivity contribution in [1.29, 1.82) is 0 Å². The summed E-state index contributed by atoms with van der Waals surface area (Å²) in [6, 6.07) is 0. The van der Waals surface area contributed by atoms with E-state index in [9.17, 15) is 0 Å². The maximum Gasteiger partial charge on any atom is 0.00275 e. The summed E-state index contributed by atoms with van der Waals surface area (Å²) in [5.41, 5.74) is 1.38. The van der Waals surface area contributed by atoms with Crippen LogP contribution in [-0.2, 0) is 0 Å². The topological polar surface area (TPSA) is 12.0 Å². The zero-order chi connectivity index (χ0) is 7.70. The van der Waals surface area contributed by atoms with Crippen LogP contribution in [0.25, 0.3) is 0 Å². The molecule has 0 spiro atoms. The highest BCUT2D eigenvalue weighted by Gasteiger charge is 1.60. The van der Waals surface area contributed by atoms with Gasteiger partial charge in [-0.1, -0.05) is 18.2 Å². The van der Waals surface area contributed by atoms with E-state index >= 15 is 0 Å². The Kier molecular flexibility index (Phi) is 12.7. The molecule has 0 amide bonds. The molecule has 0 fully saturated rings. The first-order valence-electron chi connectivity index (χ1n) is 3.06. The molecule has 0 saturated carbocycles. The lowest BCUT2D eigenvalue weighted by molar-refractivity contribution is 1.11. The third-order valence-electron chi connectivity index (χ3n) is 0.781. The largest absolute Gasteiger partial charge is 0.394 e. The van der Waals surface area contributed by atoms with Gasteiger partial charge in [-0.25, -0.2) is 0 Å². The van der Waals surface area contributed by atoms with Crippen molar-refractivity contribution in [2.75, 3.05) is 7.05 Å². The molecule has 0 aliphatic heterocycles. The molecule has 0 radical (unpaired) electrons. The van der Waals surface area contributed by atoms with Gasteiger partial charge in [-0.05, 0) is 27.0 Å². The minimum Gasteiger partial charge on any atom is -0.394 e. The lowest BCUT2D eigenvalue weighted by atomic mass is 10.3. The predicted molar refractivity (Wildman–Crippen MR) is 44.4 cm³/mol. The zero-order valence-electron chi connectivity index (χ0n) is 6.86. The fourth-order valence-corrected chi connectivity index (χ4v) is 0. The van der Waals surface area contributed by atoms with E-state index in [0.717, 1.165) is 0 Å². The van der Waals surface area contributed by atoms with Crippen molar-refractivity contribution in [1.82, 2.24) is 5.32 Å². The Morgan fingerprint density at radius 1 is 1.44 bits per heavy atom. The number of rotatable bonds is 1. The van der Waals surface area contributed by atoms with Crippen LogP contribution < -0.4 is 5.32 Å². The Bertz CT molecular complexity index is 78.6. The molecule has 0 aliphatic carbocycles. The van der Waals surface area contributed by atoms with Crippen molar-refractivity contribution in [2.24, 2.45) is 0 Å². The van der Waals surface area contributed by atoms with Crippen molar-refractivity contribution < 1.29 is 0 Å². The first kappa shape index (κ1) is 11.1. The third kappa shape index (κ3) is 39.0. The second kappa shape index (κ2) is 10.3. The molecule has 1 nitrogen and oxygen atoms in total. The van der Waals surface area contributed by atoms with Gasteiger partial charge in [0, 0.05) is 7.05 Å². The molecule has 54 valence electrons. The van der Waals surface area contributed by atoms with Crippen LogP contribution in [0.1, 0.15) is 20.8 Å². The number of nitrogens with one attached hydrogen (secondary N) is 1. The standard InChI is InChI=1S/C5H10.C3H7N/c1-4-5(2)3;1-3-4-2/h4H,1-3H3;3-4H,1H2,2H3. The summed E-state index contributed by atoms with van der Waals surface area (Å²) in [5.74, 6) is 0. The van der Waals surface area contributed by atoms with Gasteiger partial charge in [-0.15, -0.1) is 0 Å². The highest BCUT2D eigenvalue weighted by atomic mass is 14.8. The van der Waals surface area contributed by atoms with E-state index in [-0.39, 0.29) is 0 Å². The van der Waals surface area contributed by atoms with Gasteiger partial charge in [0.25, 0.3) is 0 Å². The van der Waals surface area contributed by atoms with Gasteiger partial charge in [0.2, 0.25) is 0 Å². The van der Waals surface area contributed by atoms with E-state index in [1.54, 1.807) is 6.20 Å². The number of allylic oxidation sites excluding steroid dienone is 2. The molecule has 0 saturated heterocycles. The van der Waals surface area contributed by atoms with Crippen molar-refractivity contribution in [3.05, 3.63) is 24.4 Å². The Balaban J connectivity index is 0. The lowest BCUT2D eigenvalue weighted by Crippen LogP contribution is -1.87. The average molecular weight is 127 g/mol. The summed E-state index contributed by atoms with van der Waals surface area (Å²) < 4.78 is 0. The molecular formula is C8H17N. The van der Waals surface area contributed by atoms with E-state index in [4.69, 9.17) is 0 Å². The molecule has 0 rings (SSSR count). The molecule has 0 aromatic carbocycles. The highest BCUT2D eigenvalue weighted by Crippen LogP contribution is 1.82. The van der Waals surface area contributed by atoms with Crippen LogP contribution in [0.5, 0.6) is 0 Å². The first-order chi connectivity index (χ1) is 4.18. The predicted octanol–water partition coefficient (Wildman–Crippen LogP) is 2.32. The molecule has 9 heavy (non-hydrogen) atoms. The molecule has 0 atom stereocenters. The highest BCUT2D eigenvalue weighted by molar-refractivity contribution is 4.88. The summed E-state index contributed by atoms with van der Waals surface area (Å²) in [6.07, 6.45) is 3.71. The SMILES string of the molecule is C=CNC.CC=C(C)C. The maximum absolute atomic E-state index is 3.37. The molecule has 1 heteroatoms. The van der Waals surface area contributed by atoms with Crippen LogP contribution in [0, 0.1) is 0 Å². The van der Waals surface area contributed by atoms with E-state index < -0.39 is 0 Å². The van der Waals surface area contributed by atoms with Crippen molar-refractivity contribution in [2.45, 2.75) is 20.8 Å². The number of hydrogen-bond acceptors (Lipinski definition) is 1. The fraction of sp³-hybridized carbons (Fsp3) is 0.500. The van der Waals surface area contributed by atoms with Crippen LogP contribution in [0.2, 0.25) is 0 Å². The Hall–Kier alpha value is -0.720. The first-order valence-corrected chi connectivity index (χ1v) is 3.06. The molecule has 0 bridgehead atoms. The normalized spacial score (nSPS) is 6.22. The van der Waals surface area contributed by atoms with Gasteiger partial charge in [0.05, 0.1) is 0 Å². The maximum atomic E-state index is 3.37. The third-order valence-corrected chi connectivity index (χ3v) is 0.781. The van der Waals surface area contributed by atoms with Crippen LogP contribution >= 0.6 is 0 Å². The van der Waals surface area contributed by atoms with Crippen molar-refractivity contribution >= 4 is 0 Å². The van der Waals surface area contributed by atoms with Gasteiger partial charge in [0.1, 0.15) is 0 Å².